The van der Waals surface area contributed by atoms with Crippen molar-refractivity contribution in [1.29, 1.82) is 0 Å². The average molecular weight is 227 g/mol. The number of aliphatic hydroxyl groups is 1. The third-order valence-electron chi connectivity index (χ3n) is 3.12. The van der Waals surface area contributed by atoms with Crippen LogP contribution in [0, 0.1) is 0 Å². The van der Waals surface area contributed by atoms with Crippen LogP contribution in [0.3, 0.4) is 0 Å². The number of para-hydroxylation sites is 1. The highest BCUT2D eigenvalue weighted by atomic mass is 16.5. The molecule has 1 heterocycles. The van der Waals surface area contributed by atoms with Crippen molar-refractivity contribution in [2.45, 2.75) is 6.73 Å². The highest BCUT2D eigenvalue weighted by Crippen LogP contribution is 2.31. The zero-order valence-corrected chi connectivity index (χ0v) is 9.55. The number of fused-ring (bicyclic) bond motifs is 3. The van der Waals surface area contributed by atoms with E-state index in [0.717, 1.165) is 27.6 Å². The monoisotopic (exact) mass is 227 g/mol. The lowest BCUT2D eigenvalue weighted by molar-refractivity contribution is 0.220. The Morgan fingerprint density at radius 3 is 2.59 bits per heavy atom. The number of hydrogen-bond acceptors (Lipinski definition) is 2. The van der Waals surface area contributed by atoms with Crippen LogP contribution in [0.25, 0.3) is 21.8 Å². The molecule has 0 amide bonds. The fourth-order valence-electron chi connectivity index (χ4n) is 2.31. The fourth-order valence-corrected chi connectivity index (χ4v) is 2.31. The second kappa shape index (κ2) is 3.79. The molecule has 0 bridgehead atoms. The zero-order chi connectivity index (χ0) is 11.8. The number of aromatic nitrogens is 1. The number of methoxy groups -OCH3 is 1. The van der Waals surface area contributed by atoms with Crippen molar-refractivity contribution in [3.63, 3.8) is 0 Å². The van der Waals surface area contributed by atoms with E-state index in [1.54, 1.807) is 7.11 Å². The molecule has 2 aromatic carbocycles. The molecule has 1 aromatic heterocycles. The molecule has 0 aliphatic rings. The summed E-state index contributed by atoms with van der Waals surface area (Å²) in [7, 11) is 1.66. The molecular formula is C14H13NO2. The predicted molar refractivity (Wildman–Crippen MR) is 68.2 cm³/mol. The number of aliphatic hydroxyl groups excluding tert-OH is 1. The topological polar surface area (TPSA) is 34.4 Å². The number of benzene rings is 2. The molecule has 0 fully saturated rings. The van der Waals surface area contributed by atoms with E-state index in [4.69, 9.17) is 4.74 Å². The summed E-state index contributed by atoms with van der Waals surface area (Å²) in [5, 5.41) is 11.7. The number of hydrogen-bond donors (Lipinski definition) is 1. The van der Waals surface area contributed by atoms with E-state index in [1.165, 1.54) is 0 Å². The molecule has 17 heavy (non-hydrogen) atoms. The van der Waals surface area contributed by atoms with Gasteiger partial charge in [0.25, 0.3) is 0 Å². The Balaban J connectivity index is 2.49. The van der Waals surface area contributed by atoms with E-state index in [9.17, 15) is 5.11 Å². The average Bonchev–Trinajstić information content (AvgIpc) is 2.71. The van der Waals surface area contributed by atoms with Crippen LogP contribution < -0.4 is 4.74 Å². The Labute approximate surface area is 98.9 Å². The fraction of sp³-hybridized carbons (Fsp3) is 0.143. The van der Waals surface area contributed by atoms with Crippen molar-refractivity contribution in [3.8, 4) is 5.75 Å². The lowest BCUT2D eigenvalue weighted by atomic mass is 10.1. The van der Waals surface area contributed by atoms with Gasteiger partial charge < -0.3 is 14.4 Å². The molecule has 86 valence electrons. The van der Waals surface area contributed by atoms with Crippen LogP contribution in [0.2, 0.25) is 0 Å². The second-order valence-electron chi connectivity index (χ2n) is 3.97. The highest BCUT2D eigenvalue weighted by Gasteiger charge is 2.09. The largest absolute Gasteiger partial charge is 0.497 e. The first-order chi connectivity index (χ1) is 8.35. The molecular weight excluding hydrogens is 214 g/mol. The maximum absolute atomic E-state index is 9.48. The molecule has 0 saturated carbocycles. The van der Waals surface area contributed by atoms with Crippen molar-refractivity contribution in [1.82, 2.24) is 4.57 Å². The minimum atomic E-state index is -0.0175. The molecule has 0 saturated heterocycles. The van der Waals surface area contributed by atoms with Gasteiger partial charge in [0, 0.05) is 10.8 Å². The Bertz CT molecular complexity index is 685. The lowest BCUT2D eigenvalue weighted by Crippen LogP contribution is -1.95. The van der Waals surface area contributed by atoms with Crippen LogP contribution in [0.1, 0.15) is 0 Å². The van der Waals surface area contributed by atoms with Gasteiger partial charge in [-0.25, -0.2) is 0 Å². The summed E-state index contributed by atoms with van der Waals surface area (Å²) in [4.78, 5) is 0. The Hall–Kier alpha value is -2.00. The van der Waals surface area contributed by atoms with Gasteiger partial charge in [0.05, 0.1) is 18.1 Å². The van der Waals surface area contributed by atoms with Gasteiger partial charge >= 0.3 is 0 Å². The van der Waals surface area contributed by atoms with Gasteiger partial charge in [-0.15, -0.1) is 0 Å². The van der Waals surface area contributed by atoms with E-state index in [2.05, 4.69) is 6.07 Å². The molecule has 3 aromatic rings. The molecule has 1 N–H and O–H groups in total. The first-order valence-corrected chi connectivity index (χ1v) is 5.51. The molecule has 0 spiro atoms. The minimum absolute atomic E-state index is 0.0175. The lowest BCUT2D eigenvalue weighted by Gasteiger charge is -2.02. The van der Waals surface area contributed by atoms with Gasteiger partial charge in [-0.3, -0.25) is 0 Å². The summed E-state index contributed by atoms with van der Waals surface area (Å²) in [6.45, 7) is -0.0175. The second-order valence-corrected chi connectivity index (χ2v) is 3.97. The quantitative estimate of drug-likeness (QED) is 0.730. The van der Waals surface area contributed by atoms with Crippen LogP contribution in [0.5, 0.6) is 5.75 Å². The predicted octanol–water partition coefficient (Wildman–Crippen LogP) is 2.75. The van der Waals surface area contributed by atoms with Crippen molar-refractivity contribution in [2.75, 3.05) is 7.11 Å². The smallest absolute Gasteiger partial charge is 0.120 e. The normalized spacial score (nSPS) is 11.2. The van der Waals surface area contributed by atoms with Crippen LogP contribution >= 0.6 is 0 Å². The number of rotatable bonds is 2. The summed E-state index contributed by atoms with van der Waals surface area (Å²) in [6, 6.07) is 13.9. The number of ether oxygens (including phenoxy) is 1. The Morgan fingerprint density at radius 1 is 1.06 bits per heavy atom. The molecule has 0 atom stereocenters. The van der Waals surface area contributed by atoms with E-state index < -0.39 is 0 Å². The van der Waals surface area contributed by atoms with Crippen LogP contribution in [-0.2, 0) is 6.73 Å². The van der Waals surface area contributed by atoms with Crippen molar-refractivity contribution in [2.24, 2.45) is 0 Å². The first-order valence-electron chi connectivity index (χ1n) is 5.51. The summed E-state index contributed by atoms with van der Waals surface area (Å²) >= 11 is 0. The van der Waals surface area contributed by atoms with Crippen LogP contribution in [0.15, 0.2) is 42.5 Å². The maximum Gasteiger partial charge on any atom is 0.120 e. The molecule has 3 heteroatoms. The zero-order valence-electron chi connectivity index (χ0n) is 9.55. The number of nitrogens with zero attached hydrogens (tertiary/aromatic N) is 1. The summed E-state index contributed by atoms with van der Waals surface area (Å²) < 4.78 is 7.14. The SMILES string of the molecule is COc1ccc2c(c1)c1ccccc1n2CO. The van der Waals surface area contributed by atoms with Gasteiger partial charge in [0.15, 0.2) is 0 Å². The molecule has 0 unspecified atom stereocenters. The van der Waals surface area contributed by atoms with Gasteiger partial charge in [0.1, 0.15) is 12.5 Å². The third-order valence-corrected chi connectivity index (χ3v) is 3.12. The van der Waals surface area contributed by atoms with Crippen molar-refractivity contribution < 1.29 is 9.84 Å². The maximum atomic E-state index is 9.48. The van der Waals surface area contributed by atoms with E-state index in [0.29, 0.717) is 0 Å². The van der Waals surface area contributed by atoms with Gasteiger partial charge in [-0.1, -0.05) is 18.2 Å². The third kappa shape index (κ3) is 1.40. The van der Waals surface area contributed by atoms with E-state index in [1.807, 2.05) is 41.0 Å². The summed E-state index contributed by atoms with van der Waals surface area (Å²) in [5.74, 6) is 0.832. The summed E-state index contributed by atoms with van der Waals surface area (Å²) in [6.07, 6.45) is 0. The van der Waals surface area contributed by atoms with Gasteiger partial charge in [0.2, 0.25) is 0 Å². The van der Waals surface area contributed by atoms with E-state index in [-0.39, 0.29) is 6.73 Å². The standard InChI is InChI=1S/C14H13NO2/c1-17-10-6-7-14-12(8-10)11-4-2-3-5-13(11)15(14)9-16/h2-8,16H,9H2,1H3. The first kappa shape index (κ1) is 10.2. The van der Waals surface area contributed by atoms with Crippen molar-refractivity contribution in [3.05, 3.63) is 42.5 Å². The molecule has 0 radical (unpaired) electrons. The van der Waals surface area contributed by atoms with Crippen molar-refractivity contribution >= 4 is 21.8 Å². The highest BCUT2D eigenvalue weighted by molar-refractivity contribution is 6.08. The van der Waals surface area contributed by atoms with Crippen LogP contribution in [0.4, 0.5) is 0 Å². The summed E-state index contributed by atoms with van der Waals surface area (Å²) in [5.41, 5.74) is 2.06. The minimum Gasteiger partial charge on any atom is -0.497 e. The van der Waals surface area contributed by atoms with Gasteiger partial charge in [-0.05, 0) is 24.3 Å². The Kier molecular flexibility index (Phi) is 2.27. The van der Waals surface area contributed by atoms with E-state index >= 15 is 0 Å². The molecule has 3 nitrogen and oxygen atoms in total. The Morgan fingerprint density at radius 2 is 1.82 bits per heavy atom. The van der Waals surface area contributed by atoms with Gasteiger partial charge in [-0.2, -0.15) is 0 Å². The molecule has 0 aliphatic heterocycles. The molecule has 0 aliphatic carbocycles. The molecule has 3 rings (SSSR count). The van der Waals surface area contributed by atoms with Crippen LogP contribution in [-0.4, -0.2) is 16.8 Å².